The van der Waals surface area contributed by atoms with Crippen LogP contribution in [0.2, 0.25) is 0 Å². The zero-order valence-electron chi connectivity index (χ0n) is 12.6. The van der Waals surface area contributed by atoms with E-state index in [2.05, 4.69) is 0 Å². The second-order valence-electron chi connectivity index (χ2n) is 6.49. The molecule has 1 aromatic rings. The van der Waals surface area contributed by atoms with Gasteiger partial charge in [-0.2, -0.15) is 4.31 Å². The monoisotopic (exact) mass is 329 g/mol. The van der Waals surface area contributed by atoms with Crippen LogP contribution in [-0.4, -0.2) is 37.0 Å². The maximum Gasteiger partial charge on any atom is 0.244 e. The van der Waals surface area contributed by atoms with Crippen molar-refractivity contribution in [3.63, 3.8) is 0 Å². The van der Waals surface area contributed by atoms with E-state index in [4.69, 9.17) is 0 Å². The second kappa shape index (κ2) is 5.33. The molecule has 0 aromatic carbocycles. The second-order valence-corrected chi connectivity index (χ2v) is 9.86. The van der Waals surface area contributed by atoms with Crippen molar-refractivity contribution in [1.29, 1.82) is 0 Å². The molecule has 0 amide bonds. The minimum Gasteiger partial charge on any atom is -0.392 e. The van der Waals surface area contributed by atoms with Crippen LogP contribution in [-0.2, 0) is 10.0 Å². The van der Waals surface area contributed by atoms with E-state index in [0.717, 1.165) is 41.9 Å². The van der Waals surface area contributed by atoms with Crippen LogP contribution in [0.5, 0.6) is 0 Å². The van der Waals surface area contributed by atoms with Crippen molar-refractivity contribution in [1.82, 2.24) is 4.31 Å². The van der Waals surface area contributed by atoms with Crippen molar-refractivity contribution in [3.8, 4) is 0 Å². The molecular weight excluding hydrogens is 306 g/mol. The molecule has 0 bridgehead atoms. The molecule has 21 heavy (non-hydrogen) atoms. The molecule has 2 heterocycles. The first-order valence-electron chi connectivity index (χ1n) is 7.60. The number of aryl methyl sites for hydroxylation is 2. The van der Waals surface area contributed by atoms with Gasteiger partial charge in [0, 0.05) is 28.3 Å². The Morgan fingerprint density at radius 3 is 2.62 bits per heavy atom. The Balaban J connectivity index is 1.91. The maximum atomic E-state index is 12.9. The Morgan fingerprint density at radius 2 is 2.05 bits per heavy atom. The molecule has 2 fully saturated rings. The molecular formula is C15H23NO3S2. The highest BCUT2D eigenvalue weighted by atomic mass is 32.2. The molecule has 3 rings (SSSR count). The van der Waals surface area contributed by atoms with Gasteiger partial charge in [0.25, 0.3) is 0 Å². The lowest BCUT2D eigenvalue weighted by Gasteiger charge is -2.41. The van der Waals surface area contributed by atoms with Crippen molar-refractivity contribution >= 4 is 21.4 Å². The van der Waals surface area contributed by atoms with Crippen LogP contribution in [0.3, 0.4) is 0 Å². The molecule has 2 atom stereocenters. The van der Waals surface area contributed by atoms with Gasteiger partial charge in [-0.05, 0) is 45.6 Å². The quantitative estimate of drug-likeness (QED) is 0.907. The number of piperidine rings is 1. The Hall–Kier alpha value is -0.430. The molecule has 1 aromatic heterocycles. The van der Waals surface area contributed by atoms with Crippen LogP contribution in [0.15, 0.2) is 11.0 Å². The van der Waals surface area contributed by atoms with E-state index < -0.39 is 10.0 Å². The number of thiophene rings is 1. The summed E-state index contributed by atoms with van der Waals surface area (Å²) in [6, 6.07) is 1.78. The summed E-state index contributed by atoms with van der Waals surface area (Å²) in [6.07, 6.45) is 4.21. The van der Waals surface area contributed by atoms with E-state index >= 15 is 0 Å². The Morgan fingerprint density at radius 1 is 1.33 bits per heavy atom. The van der Waals surface area contributed by atoms with Gasteiger partial charge in [-0.15, -0.1) is 11.3 Å². The average molecular weight is 329 g/mol. The minimum atomic E-state index is -3.43. The molecule has 0 radical (unpaired) electrons. The van der Waals surface area contributed by atoms with Gasteiger partial charge in [0.05, 0.1) is 11.0 Å². The minimum absolute atomic E-state index is 0.204. The number of aliphatic hydroxyl groups is 1. The summed E-state index contributed by atoms with van der Waals surface area (Å²) in [4.78, 5) is 2.34. The SMILES string of the molecule is Cc1cc(S(=O)(=O)N2CCC[C@]3(CCC[C@H]3O)C2)c(C)s1. The third kappa shape index (κ3) is 2.56. The number of aliphatic hydroxyl groups excluding tert-OH is 1. The normalized spacial score (nSPS) is 31.1. The molecule has 1 saturated carbocycles. The lowest BCUT2D eigenvalue weighted by molar-refractivity contribution is 0.0127. The van der Waals surface area contributed by atoms with Crippen LogP contribution in [0.1, 0.15) is 41.9 Å². The Bertz CT molecular complexity index is 637. The lowest BCUT2D eigenvalue weighted by Crippen LogP contribution is -2.49. The van der Waals surface area contributed by atoms with Gasteiger partial charge in [-0.25, -0.2) is 8.42 Å². The molecule has 118 valence electrons. The maximum absolute atomic E-state index is 12.9. The predicted octanol–water partition coefficient (Wildman–Crippen LogP) is 2.68. The van der Waals surface area contributed by atoms with Gasteiger partial charge in [0.2, 0.25) is 10.0 Å². The first-order valence-corrected chi connectivity index (χ1v) is 9.86. The highest BCUT2D eigenvalue weighted by Gasteiger charge is 2.47. The highest BCUT2D eigenvalue weighted by Crippen LogP contribution is 2.46. The van der Waals surface area contributed by atoms with E-state index in [1.807, 2.05) is 13.8 Å². The van der Waals surface area contributed by atoms with Gasteiger partial charge >= 0.3 is 0 Å². The van der Waals surface area contributed by atoms with Crippen LogP contribution in [0.4, 0.5) is 0 Å². The fourth-order valence-corrected chi connectivity index (χ4v) is 7.02. The van der Waals surface area contributed by atoms with E-state index in [-0.39, 0.29) is 11.5 Å². The van der Waals surface area contributed by atoms with Gasteiger partial charge in [-0.3, -0.25) is 0 Å². The molecule has 1 aliphatic heterocycles. The summed E-state index contributed by atoms with van der Waals surface area (Å²) in [6.45, 7) is 4.86. The number of rotatable bonds is 2. The van der Waals surface area contributed by atoms with E-state index in [9.17, 15) is 13.5 Å². The van der Waals surface area contributed by atoms with Crippen molar-refractivity contribution in [2.75, 3.05) is 13.1 Å². The summed E-state index contributed by atoms with van der Waals surface area (Å²) in [5.41, 5.74) is -0.204. The number of nitrogens with zero attached hydrogens (tertiary/aromatic N) is 1. The third-order valence-corrected chi connectivity index (χ3v) is 8.11. The molecule has 2 aliphatic rings. The summed E-state index contributed by atoms with van der Waals surface area (Å²) in [5.74, 6) is 0. The smallest absolute Gasteiger partial charge is 0.244 e. The number of sulfonamides is 1. The van der Waals surface area contributed by atoms with Crippen molar-refractivity contribution < 1.29 is 13.5 Å². The fraction of sp³-hybridized carbons (Fsp3) is 0.733. The van der Waals surface area contributed by atoms with E-state index in [1.165, 1.54) is 11.3 Å². The molecule has 4 nitrogen and oxygen atoms in total. The van der Waals surface area contributed by atoms with E-state index in [1.54, 1.807) is 10.4 Å². The molecule has 1 saturated heterocycles. The fourth-order valence-electron chi connectivity index (χ4n) is 3.92. The molecule has 1 N–H and O–H groups in total. The molecule has 1 spiro atoms. The zero-order valence-corrected chi connectivity index (χ0v) is 14.3. The van der Waals surface area contributed by atoms with Crippen molar-refractivity contribution in [2.24, 2.45) is 5.41 Å². The van der Waals surface area contributed by atoms with Crippen LogP contribution in [0, 0.1) is 19.3 Å². The van der Waals surface area contributed by atoms with Gasteiger partial charge in [0.1, 0.15) is 0 Å². The summed E-state index contributed by atoms with van der Waals surface area (Å²) < 4.78 is 27.4. The van der Waals surface area contributed by atoms with E-state index in [0.29, 0.717) is 18.0 Å². The standard InChI is InChI=1S/C15H23NO3S2/c1-11-9-13(12(2)20-11)21(18,19)16-8-4-7-15(10-16)6-3-5-14(15)17/h9,14,17H,3-8,10H2,1-2H3/t14-,15-/m1/s1. The zero-order chi connectivity index (χ0) is 15.3. The summed E-state index contributed by atoms with van der Waals surface area (Å²) in [7, 11) is -3.43. The largest absolute Gasteiger partial charge is 0.392 e. The van der Waals surface area contributed by atoms with Gasteiger partial charge in [-0.1, -0.05) is 6.42 Å². The predicted molar refractivity (Wildman–Crippen MR) is 84.1 cm³/mol. The van der Waals surface area contributed by atoms with Crippen molar-refractivity contribution in [2.45, 2.75) is 57.0 Å². The molecule has 1 aliphatic carbocycles. The molecule has 0 unspecified atom stereocenters. The van der Waals surface area contributed by atoms with Gasteiger partial charge < -0.3 is 5.11 Å². The number of hydrogen-bond acceptors (Lipinski definition) is 4. The lowest BCUT2D eigenvalue weighted by atomic mass is 9.77. The number of hydrogen-bond donors (Lipinski definition) is 1. The topological polar surface area (TPSA) is 57.6 Å². The highest BCUT2D eigenvalue weighted by molar-refractivity contribution is 7.89. The first kappa shape index (κ1) is 15.5. The van der Waals surface area contributed by atoms with Crippen LogP contribution >= 0.6 is 11.3 Å². The van der Waals surface area contributed by atoms with Crippen LogP contribution in [0.25, 0.3) is 0 Å². The molecule has 6 heteroatoms. The summed E-state index contributed by atoms with van der Waals surface area (Å²) in [5, 5.41) is 10.3. The summed E-state index contributed by atoms with van der Waals surface area (Å²) >= 11 is 1.53. The Kier molecular flexibility index (Phi) is 3.93. The van der Waals surface area contributed by atoms with Crippen molar-refractivity contribution in [3.05, 3.63) is 15.8 Å². The third-order valence-electron chi connectivity index (χ3n) is 5.05. The first-order chi connectivity index (χ1) is 9.85. The van der Waals surface area contributed by atoms with Crippen LogP contribution < -0.4 is 0 Å². The van der Waals surface area contributed by atoms with Gasteiger partial charge in [0.15, 0.2) is 0 Å². The Labute approximate surface area is 130 Å². The average Bonchev–Trinajstić information content (AvgIpc) is 2.94.